The minimum absolute atomic E-state index is 0.152. The summed E-state index contributed by atoms with van der Waals surface area (Å²) >= 11 is 0. The molecule has 4 rings (SSSR count). The van der Waals surface area contributed by atoms with Crippen molar-refractivity contribution in [2.45, 2.75) is 51.1 Å². The summed E-state index contributed by atoms with van der Waals surface area (Å²) in [5.41, 5.74) is 1.12. The molecule has 0 aliphatic carbocycles. The molecule has 2 aliphatic heterocycles. The maximum atomic E-state index is 13.7. The number of benzene rings is 1. The van der Waals surface area contributed by atoms with E-state index in [0.29, 0.717) is 23.8 Å². The van der Waals surface area contributed by atoms with Gasteiger partial charge in [0.25, 0.3) is 0 Å². The number of hydrogen-bond donors (Lipinski definition) is 0. The highest BCUT2D eigenvalue weighted by Crippen LogP contribution is 2.47. The monoisotopic (exact) mass is 539 g/mol. The molecule has 0 spiro atoms. The Kier molecular flexibility index (Phi) is 10.3. The van der Waals surface area contributed by atoms with E-state index in [0.717, 1.165) is 64.0 Å². The Morgan fingerprint density at radius 2 is 2.05 bits per heavy atom. The second-order valence-corrected chi connectivity index (χ2v) is 10.8. The summed E-state index contributed by atoms with van der Waals surface area (Å²) in [6, 6.07) is 6.23. The van der Waals surface area contributed by atoms with E-state index in [4.69, 9.17) is 14.2 Å². The first kappa shape index (κ1) is 29.0. The number of methoxy groups -OCH3 is 1. The minimum Gasteiger partial charge on any atom is -0.493 e. The van der Waals surface area contributed by atoms with Crippen LogP contribution in [0.1, 0.15) is 44.1 Å². The Morgan fingerprint density at radius 1 is 1.23 bits per heavy atom. The number of aromatic nitrogens is 2. The third-order valence-corrected chi connectivity index (χ3v) is 7.91. The number of nitrogens with zero attached hydrogens (tertiary/aromatic N) is 5. The third-order valence-electron chi connectivity index (χ3n) is 7.91. The van der Waals surface area contributed by atoms with E-state index in [1.807, 2.05) is 23.1 Å². The van der Waals surface area contributed by atoms with Crippen LogP contribution in [0, 0.1) is 5.92 Å². The lowest BCUT2D eigenvalue weighted by Gasteiger charge is -2.30. The molecule has 0 unspecified atom stereocenters. The van der Waals surface area contributed by atoms with Crippen molar-refractivity contribution in [3.63, 3.8) is 0 Å². The van der Waals surface area contributed by atoms with E-state index >= 15 is 0 Å². The van der Waals surface area contributed by atoms with Crippen molar-refractivity contribution in [2.24, 2.45) is 5.92 Å². The van der Waals surface area contributed by atoms with Gasteiger partial charge in [-0.2, -0.15) is 5.10 Å². The number of likely N-dealkylation sites (tertiary alicyclic amines) is 1. The molecule has 0 saturated carbocycles. The largest absolute Gasteiger partial charge is 0.493 e. The third kappa shape index (κ3) is 7.13. The molecular formula is C30H45N5O4. The summed E-state index contributed by atoms with van der Waals surface area (Å²) in [7, 11) is 5.81. The second kappa shape index (κ2) is 13.8. The highest BCUT2D eigenvalue weighted by Gasteiger charge is 2.42. The quantitative estimate of drug-likeness (QED) is 0.318. The van der Waals surface area contributed by atoms with Gasteiger partial charge in [0, 0.05) is 56.5 Å². The van der Waals surface area contributed by atoms with E-state index in [-0.39, 0.29) is 30.6 Å². The maximum absolute atomic E-state index is 13.7. The van der Waals surface area contributed by atoms with Crippen LogP contribution in [-0.2, 0) is 11.3 Å². The maximum Gasteiger partial charge on any atom is 0.236 e. The summed E-state index contributed by atoms with van der Waals surface area (Å²) in [4.78, 5) is 20.3. The molecule has 1 amide bonds. The Hall–Kier alpha value is -3.04. The molecule has 214 valence electrons. The van der Waals surface area contributed by atoms with Crippen LogP contribution in [0.3, 0.4) is 0 Å². The predicted octanol–water partition coefficient (Wildman–Crippen LogP) is 3.86. The zero-order valence-corrected chi connectivity index (χ0v) is 24.1. The Balaban J connectivity index is 1.56. The van der Waals surface area contributed by atoms with Crippen molar-refractivity contribution in [3.8, 4) is 17.2 Å². The molecule has 2 aliphatic rings. The minimum atomic E-state index is 0.152. The first-order valence-corrected chi connectivity index (χ1v) is 14.2. The van der Waals surface area contributed by atoms with Crippen molar-refractivity contribution in [2.75, 3.05) is 60.7 Å². The van der Waals surface area contributed by atoms with Gasteiger partial charge in [0.2, 0.25) is 18.4 Å². The Labute approximate surface area is 233 Å². The molecule has 2 aromatic rings. The molecule has 1 saturated heterocycles. The fourth-order valence-electron chi connectivity index (χ4n) is 5.85. The standard InChI is InChI=1S/C30H45N5O4/c1-6-8-14-33(15-10-13-32(3)4)29(36)21-34-20-25(23-18-27(37-5)30-28(19-23)38-22-39-30)24(7-2)26(34)11-17-35-16-9-12-31-35/h7,9,12,16,18-19,24-26H,2,6,8,10-11,13-15,17,20-22H2,1,3-5H3/t24-,25-,26+/m1/s1. The van der Waals surface area contributed by atoms with Gasteiger partial charge in [0.15, 0.2) is 11.5 Å². The lowest BCUT2D eigenvalue weighted by molar-refractivity contribution is -0.133. The first-order chi connectivity index (χ1) is 18.9. The van der Waals surface area contributed by atoms with Crippen LogP contribution in [0.4, 0.5) is 0 Å². The summed E-state index contributed by atoms with van der Waals surface area (Å²) in [6.45, 7) is 11.1. The average Bonchev–Trinajstić information content (AvgIpc) is 3.68. The van der Waals surface area contributed by atoms with Gasteiger partial charge in [-0.15, -0.1) is 6.58 Å². The lowest BCUT2D eigenvalue weighted by Crippen LogP contribution is -2.44. The zero-order valence-electron chi connectivity index (χ0n) is 24.1. The smallest absolute Gasteiger partial charge is 0.236 e. The Bertz CT molecular complexity index is 1070. The van der Waals surface area contributed by atoms with Crippen molar-refractivity contribution >= 4 is 5.91 Å². The molecular weight excluding hydrogens is 494 g/mol. The van der Waals surface area contributed by atoms with Crippen molar-refractivity contribution in [3.05, 3.63) is 48.8 Å². The first-order valence-electron chi connectivity index (χ1n) is 14.2. The molecule has 39 heavy (non-hydrogen) atoms. The molecule has 0 bridgehead atoms. The van der Waals surface area contributed by atoms with Crippen LogP contribution in [0.25, 0.3) is 0 Å². The zero-order chi connectivity index (χ0) is 27.8. The number of ether oxygens (including phenoxy) is 3. The predicted molar refractivity (Wildman–Crippen MR) is 152 cm³/mol. The van der Waals surface area contributed by atoms with Crippen LogP contribution in [-0.4, -0.2) is 97.2 Å². The van der Waals surface area contributed by atoms with E-state index in [9.17, 15) is 4.79 Å². The Morgan fingerprint density at radius 3 is 2.74 bits per heavy atom. The molecule has 9 heteroatoms. The summed E-state index contributed by atoms with van der Waals surface area (Å²) < 4.78 is 19.0. The van der Waals surface area contributed by atoms with Crippen LogP contribution in [0.2, 0.25) is 0 Å². The normalized spacial score (nSPS) is 20.5. The van der Waals surface area contributed by atoms with Gasteiger partial charge in [-0.3, -0.25) is 14.4 Å². The summed E-state index contributed by atoms with van der Waals surface area (Å²) in [5.74, 6) is 2.56. The van der Waals surface area contributed by atoms with Crippen molar-refractivity contribution in [1.29, 1.82) is 0 Å². The molecule has 3 atom stereocenters. The van der Waals surface area contributed by atoms with Gasteiger partial charge in [-0.25, -0.2) is 0 Å². The lowest BCUT2D eigenvalue weighted by atomic mass is 9.84. The van der Waals surface area contributed by atoms with Gasteiger partial charge < -0.3 is 24.0 Å². The number of hydrogen-bond acceptors (Lipinski definition) is 7. The number of carbonyl (C=O) groups excluding carboxylic acids is 1. The number of rotatable bonds is 15. The number of unbranched alkanes of at least 4 members (excludes halogenated alkanes) is 1. The van der Waals surface area contributed by atoms with Crippen molar-refractivity contribution in [1.82, 2.24) is 24.5 Å². The van der Waals surface area contributed by atoms with Crippen LogP contribution >= 0.6 is 0 Å². The summed E-state index contributed by atoms with van der Waals surface area (Å²) in [5, 5.41) is 4.41. The van der Waals surface area contributed by atoms with E-state index in [2.05, 4.69) is 65.6 Å². The SMILES string of the molecule is C=C[C@@H]1[C@@H](c2cc(OC)c3c(c2)OCO3)CN(CC(=O)N(CCCC)CCCN(C)C)[C@H]1CCn1cccn1. The number of fused-ring (bicyclic) bond motifs is 1. The van der Waals surface area contributed by atoms with Crippen LogP contribution in [0.15, 0.2) is 43.2 Å². The topological polar surface area (TPSA) is 72.3 Å². The second-order valence-electron chi connectivity index (χ2n) is 10.8. The number of aryl methyl sites for hydroxylation is 1. The molecule has 3 heterocycles. The van der Waals surface area contributed by atoms with E-state index in [1.165, 1.54) is 0 Å². The van der Waals surface area contributed by atoms with Gasteiger partial charge in [0.05, 0.1) is 13.7 Å². The van der Waals surface area contributed by atoms with Crippen LogP contribution in [0.5, 0.6) is 17.2 Å². The molecule has 1 aromatic carbocycles. The molecule has 1 fully saturated rings. The number of amides is 1. The highest BCUT2D eigenvalue weighted by molar-refractivity contribution is 5.78. The molecule has 1 aromatic heterocycles. The van der Waals surface area contributed by atoms with E-state index < -0.39 is 0 Å². The number of carbonyl (C=O) groups is 1. The molecule has 0 N–H and O–H groups in total. The molecule has 0 radical (unpaired) electrons. The highest BCUT2D eigenvalue weighted by atomic mass is 16.7. The fraction of sp³-hybridized carbons (Fsp3) is 0.600. The van der Waals surface area contributed by atoms with Gasteiger partial charge >= 0.3 is 0 Å². The van der Waals surface area contributed by atoms with E-state index in [1.54, 1.807) is 7.11 Å². The van der Waals surface area contributed by atoms with Crippen LogP contribution < -0.4 is 14.2 Å². The van der Waals surface area contributed by atoms with Gasteiger partial charge in [-0.1, -0.05) is 19.4 Å². The van der Waals surface area contributed by atoms with Gasteiger partial charge in [0.1, 0.15) is 0 Å². The van der Waals surface area contributed by atoms with Gasteiger partial charge in [-0.05, 0) is 63.7 Å². The fourth-order valence-corrected chi connectivity index (χ4v) is 5.85. The summed E-state index contributed by atoms with van der Waals surface area (Å²) in [6.07, 6.45) is 9.80. The average molecular weight is 540 g/mol. The molecule has 9 nitrogen and oxygen atoms in total. The van der Waals surface area contributed by atoms with Crippen molar-refractivity contribution < 1.29 is 19.0 Å².